The summed E-state index contributed by atoms with van der Waals surface area (Å²) in [6.45, 7) is 1.09. The second-order valence-electron chi connectivity index (χ2n) is 7.61. The number of urea groups is 1. The molecule has 1 atom stereocenters. The molecule has 0 aromatic heterocycles. The molecule has 1 aromatic rings. The Labute approximate surface area is 167 Å². The van der Waals surface area contributed by atoms with Crippen LogP contribution in [0.1, 0.15) is 25.3 Å². The van der Waals surface area contributed by atoms with Crippen LogP contribution in [0.3, 0.4) is 0 Å². The maximum Gasteiger partial charge on any atom is 0.325 e. The van der Waals surface area contributed by atoms with Crippen molar-refractivity contribution in [2.75, 3.05) is 26.9 Å². The monoisotopic (exact) mass is 402 g/mol. The largest absolute Gasteiger partial charge is 0.454 e. The molecule has 4 rings (SSSR count). The molecule has 1 saturated carbocycles. The third kappa shape index (κ3) is 3.57. The minimum atomic E-state index is -1.33. The van der Waals surface area contributed by atoms with Crippen molar-refractivity contribution in [3.8, 4) is 11.5 Å². The average molecular weight is 402 g/mol. The van der Waals surface area contributed by atoms with Crippen LogP contribution in [0.15, 0.2) is 18.2 Å². The van der Waals surface area contributed by atoms with Crippen molar-refractivity contribution in [1.82, 2.24) is 20.4 Å². The van der Waals surface area contributed by atoms with Gasteiger partial charge in [-0.3, -0.25) is 19.3 Å². The number of imide groups is 1. The van der Waals surface area contributed by atoms with E-state index in [1.807, 2.05) is 0 Å². The van der Waals surface area contributed by atoms with E-state index in [2.05, 4.69) is 10.6 Å². The van der Waals surface area contributed by atoms with Gasteiger partial charge in [0.15, 0.2) is 11.5 Å². The zero-order chi connectivity index (χ0) is 20.8. The van der Waals surface area contributed by atoms with Crippen molar-refractivity contribution < 1.29 is 28.7 Å². The summed E-state index contributed by atoms with van der Waals surface area (Å²) in [6.07, 6.45) is 1.90. The van der Waals surface area contributed by atoms with Crippen molar-refractivity contribution >= 4 is 23.8 Å². The van der Waals surface area contributed by atoms with Gasteiger partial charge in [0.1, 0.15) is 12.1 Å². The average Bonchev–Trinajstić information content (AvgIpc) is 3.30. The third-order valence-corrected chi connectivity index (χ3v) is 5.27. The third-order valence-electron chi connectivity index (χ3n) is 5.27. The first kappa shape index (κ1) is 19.0. The lowest BCUT2D eigenvalue weighted by atomic mass is 9.91. The topological polar surface area (TPSA) is 117 Å². The number of carbonyl (C=O) groups excluding carboxylic acids is 4. The van der Waals surface area contributed by atoms with Gasteiger partial charge in [-0.2, -0.15) is 0 Å². The number of hydrogen-bond acceptors (Lipinski definition) is 6. The summed E-state index contributed by atoms with van der Waals surface area (Å²) in [5, 5.41) is 5.44. The smallest absolute Gasteiger partial charge is 0.325 e. The van der Waals surface area contributed by atoms with Gasteiger partial charge in [-0.1, -0.05) is 6.07 Å². The molecule has 10 heteroatoms. The Morgan fingerprint density at radius 2 is 2.00 bits per heavy atom. The Kier molecular flexibility index (Phi) is 4.56. The van der Waals surface area contributed by atoms with E-state index in [0.29, 0.717) is 17.1 Å². The van der Waals surface area contributed by atoms with Gasteiger partial charge in [0.05, 0.1) is 6.54 Å². The number of benzene rings is 1. The number of rotatable bonds is 6. The predicted molar refractivity (Wildman–Crippen MR) is 99.0 cm³/mol. The van der Waals surface area contributed by atoms with Crippen LogP contribution in [0.4, 0.5) is 4.79 Å². The molecule has 0 bridgehead atoms. The molecule has 1 aromatic carbocycles. The molecule has 154 valence electrons. The van der Waals surface area contributed by atoms with Crippen LogP contribution >= 0.6 is 0 Å². The van der Waals surface area contributed by atoms with E-state index >= 15 is 0 Å². The van der Waals surface area contributed by atoms with Crippen LogP contribution in [0.25, 0.3) is 0 Å². The standard InChI is InChI=1S/C19H22N4O6/c1-19(11-3-6-13-14(7-11)29-10-28-13)17(26)23(18(27)21-19)9-16(25)22(2)8-15(24)20-12-4-5-12/h3,6-7,12H,4-5,8-10H2,1-2H3,(H,20,24)(H,21,27)/t19-/m1/s1. The fourth-order valence-corrected chi connectivity index (χ4v) is 3.30. The molecule has 2 N–H and O–H groups in total. The number of nitrogens with one attached hydrogen (secondary N) is 2. The lowest BCUT2D eigenvalue weighted by Crippen LogP contribution is -2.46. The number of carbonyl (C=O) groups is 4. The fourth-order valence-electron chi connectivity index (χ4n) is 3.30. The number of fused-ring (bicyclic) bond motifs is 1. The van der Waals surface area contributed by atoms with Crippen LogP contribution in [0.2, 0.25) is 0 Å². The van der Waals surface area contributed by atoms with Crippen LogP contribution in [0.5, 0.6) is 11.5 Å². The molecule has 1 saturated heterocycles. The lowest BCUT2D eigenvalue weighted by Gasteiger charge is -2.23. The van der Waals surface area contributed by atoms with Crippen molar-refractivity contribution in [2.45, 2.75) is 31.3 Å². The summed E-state index contributed by atoms with van der Waals surface area (Å²) in [5.41, 5.74) is -0.813. The van der Waals surface area contributed by atoms with Gasteiger partial charge in [0.2, 0.25) is 18.6 Å². The van der Waals surface area contributed by atoms with E-state index in [1.165, 1.54) is 11.9 Å². The molecule has 0 unspecified atom stereocenters. The first-order chi connectivity index (χ1) is 13.8. The van der Waals surface area contributed by atoms with Crippen LogP contribution in [0, 0.1) is 0 Å². The zero-order valence-corrected chi connectivity index (χ0v) is 16.2. The number of ether oxygens (including phenoxy) is 2. The summed E-state index contributed by atoms with van der Waals surface area (Å²) >= 11 is 0. The maximum absolute atomic E-state index is 13.0. The molecule has 29 heavy (non-hydrogen) atoms. The highest BCUT2D eigenvalue weighted by atomic mass is 16.7. The molecule has 0 spiro atoms. The van der Waals surface area contributed by atoms with E-state index in [4.69, 9.17) is 9.47 Å². The van der Waals surface area contributed by atoms with Crippen molar-refractivity contribution in [3.63, 3.8) is 0 Å². The number of hydrogen-bond donors (Lipinski definition) is 2. The number of amides is 5. The Balaban J connectivity index is 1.43. The maximum atomic E-state index is 13.0. The Bertz CT molecular complexity index is 899. The Hall–Kier alpha value is -3.30. The molecule has 2 aliphatic heterocycles. The van der Waals surface area contributed by atoms with Crippen molar-refractivity contribution in [3.05, 3.63) is 23.8 Å². The molecule has 3 aliphatic rings. The van der Waals surface area contributed by atoms with Gasteiger partial charge in [-0.05, 0) is 37.5 Å². The second kappa shape index (κ2) is 6.94. The Morgan fingerprint density at radius 1 is 1.28 bits per heavy atom. The molecule has 1 aliphatic carbocycles. The SMILES string of the molecule is CN(CC(=O)NC1CC1)C(=O)CN1C(=O)N[C@](C)(c2ccc3c(c2)OCO3)C1=O. The van der Waals surface area contributed by atoms with E-state index in [-0.39, 0.29) is 25.3 Å². The molecular formula is C19H22N4O6. The number of nitrogens with zero attached hydrogens (tertiary/aromatic N) is 2. The minimum absolute atomic E-state index is 0.0943. The highest BCUT2D eigenvalue weighted by molar-refractivity contribution is 6.09. The molecule has 2 heterocycles. The quantitative estimate of drug-likeness (QED) is 0.643. The summed E-state index contributed by atoms with van der Waals surface area (Å²) in [6, 6.07) is 4.51. The van der Waals surface area contributed by atoms with Crippen molar-refractivity contribution in [1.29, 1.82) is 0 Å². The fraction of sp³-hybridized carbons (Fsp3) is 0.474. The molecule has 5 amide bonds. The summed E-state index contributed by atoms with van der Waals surface area (Å²) < 4.78 is 10.6. The highest BCUT2D eigenvalue weighted by Crippen LogP contribution is 2.37. The van der Waals surface area contributed by atoms with Crippen LogP contribution in [-0.4, -0.2) is 66.5 Å². The Morgan fingerprint density at radius 3 is 2.72 bits per heavy atom. The van der Waals surface area contributed by atoms with Gasteiger partial charge >= 0.3 is 6.03 Å². The van der Waals surface area contributed by atoms with Crippen molar-refractivity contribution in [2.24, 2.45) is 0 Å². The van der Waals surface area contributed by atoms with Gasteiger partial charge in [0.25, 0.3) is 5.91 Å². The molecule has 10 nitrogen and oxygen atoms in total. The van der Waals surface area contributed by atoms with E-state index in [0.717, 1.165) is 17.7 Å². The molecule has 2 fully saturated rings. The lowest BCUT2D eigenvalue weighted by molar-refractivity contribution is -0.139. The van der Waals surface area contributed by atoms with E-state index < -0.39 is 29.9 Å². The van der Waals surface area contributed by atoms with Gasteiger partial charge < -0.3 is 25.0 Å². The summed E-state index contributed by atoms with van der Waals surface area (Å²) in [7, 11) is 1.46. The van der Waals surface area contributed by atoms with E-state index in [9.17, 15) is 19.2 Å². The first-order valence-corrected chi connectivity index (χ1v) is 9.35. The van der Waals surface area contributed by atoms with Crippen LogP contribution < -0.4 is 20.1 Å². The molecule has 0 radical (unpaired) electrons. The first-order valence-electron chi connectivity index (χ1n) is 9.35. The highest BCUT2D eigenvalue weighted by Gasteiger charge is 2.50. The van der Waals surface area contributed by atoms with Gasteiger partial charge in [0, 0.05) is 13.1 Å². The van der Waals surface area contributed by atoms with Gasteiger partial charge in [-0.25, -0.2) is 4.79 Å². The van der Waals surface area contributed by atoms with E-state index in [1.54, 1.807) is 25.1 Å². The summed E-state index contributed by atoms with van der Waals surface area (Å²) in [4.78, 5) is 51.8. The minimum Gasteiger partial charge on any atom is -0.454 e. The summed E-state index contributed by atoms with van der Waals surface area (Å²) in [5.74, 6) is -0.264. The van der Waals surface area contributed by atoms with Gasteiger partial charge in [-0.15, -0.1) is 0 Å². The predicted octanol–water partition coefficient (Wildman–Crippen LogP) is -0.0807. The molecular weight excluding hydrogens is 380 g/mol. The number of likely N-dealkylation sites (N-methyl/N-ethyl adjacent to an activating group) is 1. The second-order valence-corrected chi connectivity index (χ2v) is 7.61. The zero-order valence-electron chi connectivity index (χ0n) is 16.2. The normalized spacial score (nSPS) is 22.5. The van der Waals surface area contributed by atoms with Crippen LogP contribution in [-0.2, 0) is 19.9 Å².